The third-order valence-corrected chi connectivity index (χ3v) is 5.69. The minimum absolute atomic E-state index is 0.0235. The standard InChI is InChI=1S/C21H20BrFN4O3S/c1-30-12-11-27(20(29)16-7-2-3-8-17(16)23)10-9-18(28)24-21-26-25-19(31-21)14-5-4-6-15(22)13-14/h2-8,13H,9-12H2,1H3,(H,24,26,28). The van der Waals surface area contributed by atoms with Gasteiger partial charge in [-0.25, -0.2) is 4.39 Å². The third kappa shape index (κ3) is 6.39. The Kier molecular flexibility index (Phi) is 8.21. The Hall–Kier alpha value is -2.69. The predicted octanol–water partition coefficient (Wildman–Crippen LogP) is 4.22. The number of carbonyl (C=O) groups excluding carboxylic acids is 2. The van der Waals surface area contributed by atoms with Gasteiger partial charge in [0, 0.05) is 36.7 Å². The molecule has 0 aliphatic carbocycles. The topological polar surface area (TPSA) is 84.4 Å². The molecular weight excluding hydrogens is 487 g/mol. The van der Waals surface area contributed by atoms with Crippen molar-refractivity contribution >= 4 is 44.2 Å². The van der Waals surface area contributed by atoms with Crippen molar-refractivity contribution in [3.05, 3.63) is 64.4 Å². The van der Waals surface area contributed by atoms with Crippen molar-refractivity contribution in [3.63, 3.8) is 0 Å². The number of halogens is 2. The SMILES string of the molecule is COCCN(CCC(=O)Nc1nnc(-c2cccc(Br)c2)s1)C(=O)c1ccccc1F. The Balaban J connectivity index is 1.61. The summed E-state index contributed by atoms with van der Waals surface area (Å²) in [5.74, 6) is -1.41. The molecule has 3 aromatic rings. The van der Waals surface area contributed by atoms with Gasteiger partial charge in [-0.1, -0.05) is 51.5 Å². The Morgan fingerprint density at radius 1 is 1.16 bits per heavy atom. The van der Waals surface area contributed by atoms with E-state index in [4.69, 9.17) is 4.74 Å². The molecule has 0 saturated heterocycles. The van der Waals surface area contributed by atoms with Crippen molar-refractivity contribution < 1.29 is 18.7 Å². The summed E-state index contributed by atoms with van der Waals surface area (Å²) >= 11 is 4.66. The van der Waals surface area contributed by atoms with Crippen molar-refractivity contribution in [2.45, 2.75) is 6.42 Å². The van der Waals surface area contributed by atoms with Crippen molar-refractivity contribution in [1.29, 1.82) is 0 Å². The first-order valence-corrected chi connectivity index (χ1v) is 11.0. The van der Waals surface area contributed by atoms with Gasteiger partial charge in [0.05, 0.1) is 12.2 Å². The van der Waals surface area contributed by atoms with Crippen LogP contribution in [0, 0.1) is 5.82 Å². The number of carbonyl (C=O) groups is 2. The van der Waals surface area contributed by atoms with Gasteiger partial charge >= 0.3 is 0 Å². The molecule has 1 N–H and O–H groups in total. The van der Waals surface area contributed by atoms with E-state index >= 15 is 0 Å². The zero-order valence-corrected chi connectivity index (χ0v) is 19.1. The van der Waals surface area contributed by atoms with Crippen LogP contribution in [0.5, 0.6) is 0 Å². The predicted molar refractivity (Wildman–Crippen MR) is 120 cm³/mol. The second-order valence-corrected chi connectivity index (χ2v) is 8.38. The van der Waals surface area contributed by atoms with E-state index in [1.165, 1.54) is 41.5 Å². The van der Waals surface area contributed by atoms with E-state index in [0.717, 1.165) is 10.0 Å². The molecule has 0 aliphatic heterocycles. The quantitative estimate of drug-likeness (QED) is 0.469. The van der Waals surface area contributed by atoms with Gasteiger partial charge in [-0.3, -0.25) is 9.59 Å². The maximum absolute atomic E-state index is 14.0. The van der Waals surface area contributed by atoms with Crippen molar-refractivity contribution in [3.8, 4) is 10.6 Å². The van der Waals surface area contributed by atoms with Gasteiger partial charge in [-0.2, -0.15) is 0 Å². The van der Waals surface area contributed by atoms with E-state index in [-0.39, 0.29) is 37.6 Å². The van der Waals surface area contributed by atoms with Crippen LogP contribution in [-0.4, -0.2) is 53.7 Å². The summed E-state index contributed by atoms with van der Waals surface area (Å²) < 4.78 is 20.0. The van der Waals surface area contributed by atoms with E-state index in [0.29, 0.717) is 10.1 Å². The zero-order valence-electron chi connectivity index (χ0n) is 16.7. The summed E-state index contributed by atoms with van der Waals surface area (Å²) in [5, 5.41) is 11.8. The molecule has 31 heavy (non-hydrogen) atoms. The van der Waals surface area contributed by atoms with Crippen molar-refractivity contribution in [2.24, 2.45) is 0 Å². The van der Waals surface area contributed by atoms with Crippen LogP contribution in [0.4, 0.5) is 9.52 Å². The van der Waals surface area contributed by atoms with Gasteiger partial charge in [-0.15, -0.1) is 10.2 Å². The summed E-state index contributed by atoms with van der Waals surface area (Å²) in [7, 11) is 1.51. The molecule has 7 nitrogen and oxygen atoms in total. The zero-order chi connectivity index (χ0) is 22.2. The van der Waals surface area contributed by atoms with Gasteiger partial charge < -0.3 is 15.0 Å². The summed E-state index contributed by atoms with van der Waals surface area (Å²) in [5.41, 5.74) is 0.843. The van der Waals surface area contributed by atoms with Crippen LogP contribution in [0.3, 0.4) is 0 Å². The normalized spacial score (nSPS) is 10.7. The van der Waals surface area contributed by atoms with Gasteiger partial charge in [0.15, 0.2) is 0 Å². The molecule has 2 aromatic carbocycles. The molecule has 0 radical (unpaired) electrons. The van der Waals surface area contributed by atoms with E-state index in [9.17, 15) is 14.0 Å². The molecule has 0 atom stereocenters. The van der Waals surface area contributed by atoms with Gasteiger partial charge in [0.1, 0.15) is 10.8 Å². The molecule has 10 heteroatoms. The lowest BCUT2D eigenvalue weighted by atomic mass is 10.1. The first-order chi connectivity index (χ1) is 15.0. The lowest BCUT2D eigenvalue weighted by Crippen LogP contribution is -2.36. The molecule has 0 bridgehead atoms. The number of methoxy groups -OCH3 is 1. The summed E-state index contributed by atoms with van der Waals surface area (Å²) in [6.45, 7) is 0.622. The number of hydrogen-bond donors (Lipinski definition) is 1. The molecule has 0 unspecified atom stereocenters. The molecular formula is C21H20BrFN4O3S. The van der Waals surface area contributed by atoms with Crippen LogP contribution >= 0.6 is 27.3 Å². The molecule has 3 rings (SSSR count). The number of aromatic nitrogens is 2. The Bertz CT molecular complexity index is 1060. The van der Waals surface area contributed by atoms with Crippen LogP contribution in [0.2, 0.25) is 0 Å². The van der Waals surface area contributed by atoms with E-state index in [1.807, 2.05) is 24.3 Å². The number of benzene rings is 2. The number of amides is 2. The Morgan fingerprint density at radius 3 is 2.71 bits per heavy atom. The van der Waals surface area contributed by atoms with Gasteiger partial charge in [-0.05, 0) is 24.3 Å². The van der Waals surface area contributed by atoms with E-state index in [2.05, 4.69) is 31.4 Å². The molecule has 1 heterocycles. The molecule has 0 fully saturated rings. The molecule has 0 saturated carbocycles. The van der Waals surface area contributed by atoms with Gasteiger partial charge in [0.2, 0.25) is 11.0 Å². The van der Waals surface area contributed by atoms with E-state index in [1.54, 1.807) is 6.07 Å². The van der Waals surface area contributed by atoms with Crippen LogP contribution in [-0.2, 0) is 9.53 Å². The van der Waals surface area contributed by atoms with Crippen molar-refractivity contribution in [2.75, 3.05) is 32.1 Å². The molecule has 0 aliphatic rings. The fourth-order valence-electron chi connectivity index (χ4n) is 2.75. The number of hydrogen-bond acceptors (Lipinski definition) is 6. The van der Waals surface area contributed by atoms with E-state index < -0.39 is 11.7 Å². The largest absolute Gasteiger partial charge is 0.383 e. The Morgan fingerprint density at radius 2 is 1.97 bits per heavy atom. The number of nitrogens with one attached hydrogen (secondary N) is 1. The maximum Gasteiger partial charge on any atom is 0.256 e. The van der Waals surface area contributed by atoms with Crippen LogP contribution in [0.25, 0.3) is 10.6 Å². The molecule has 162 valence electrons. The van der Waals surface area contributed by atoms with Crippen LogP contribution in [0.15, 0.2) is 53.0 Å². The lowest BCUT2D eigenvalue weighted by Gasteiger charge is -2.22. The third-order valence-electron chi connectivity index (χ3n) is 4.31. The van der Waals surface area contributed by atoms with Crippen LogP contribution < -0.4 is 5.32 Å². The van der Waals surface area contributed by atoms with Gasteiger partial charge in [0.25, 0.3) is 5.91 Å². The Labute approximate surface area is 191 Å². The highest BCUT2D eigenvalue weighted by Gasteiger charge is 2.20. The first kappa shape index (κ1) is 23.0. The first-order valence-electron chi connectivity index (χ1n) is 9.40. The second kappa shape index (κ2) is 11.1. The lowest BCUT2D eigenvalue weighted by molar-refractivity contribution is -0.116. The average molecular weight is 507 g/mol. The minimum Gasteiger partial charge on any atom is -0.383 e. The summed E-state index contributed by atoms with van der Waals surface area (Å²) in [6.07, 6.45) is 0.0235. The summed E-state index contributed by atoms with van der Waals surface area (Å²) in [6, 6.07) is 13.4. The monoisotopic (exact) mass is 506 g/mol. The number of nitrogens with zero attached hydrogens (tertiary/aromatic N) is 3. The smallest absolute Gasteiger partial charge is 0.256 e. The second-order valence-electron chi connectivity index (χ2n) is 6.49. The van der Waals surface area contributed by atoms with Crippen LogP contribution in [0.1, 0.15) is 16.8 Å². The summed E-state index contributed by atoms with van der Waals surface area (Å²) in [4.78, 5) is 26.5. The minimum atomic E-state index is -0.603. The molecule has 1 aromatic heterocycles. The number of anilines is 1. The fourth-order valence-corrected chi connectivity index (χ4v) is 3.91. The maximum atomic E-state index is 14.0. The highest BCUT2D eigenvalue weighted by Crippen LogP contribution is 2.28. The number of rotatable bonds is 9. The number of ether oxygens (including phenoxy) is 1. The molecule has 2 amide bonds. The highest BCUT2D eigenvalue weighted by atomic mass is 79.9. The highest BCUT2D eigenvalue weighted by molar-refractivity contribution is 9.10. The fraction of sp³-hybridized carbons (Fsp3) is 0.238. The average Bonchev–Trinajstić information content (AvgIpc) is 3.22. The molecule has 0 spiro atoms. The van der Waals surface area contributed by atoms with Crippen molar-refractivity contribution in [1.82, 2.24) is 15.1 Å².